The fourth-order valence-electron chi connectivity index (χ4n) is 4.19. The van der Waals surface area contributed by atoms with E-state index in [0.717, 1.165) is 28.3 Å². The van der Waals surface area contributed by atoms with Crippen LogP contribution in [0.4, 0.5) is 11.4 Å². The largest absolute Gasteiger partial charge is 0.492 e. The van der Waals surface area contributed by atoms with E-state index in [1.165, 1.54) is 0 Å². The summed E-state index contributed by atoms with van der Waals surface area (Å²) < 4.78 is 5.98. The van der Waals surface area contributed by atoms with Crippen LogP contribution in [0, 0.1) is 19.8 Å². The molecule has 1 heterocycles. The highest BCUT2D eigenvalue weighted by Crippen LogP contribution is 2.35. The maximum atomic E-state index is 13.3. The molecular formula is C27H28N2O3. The van der Waals surface area contributed by atoms with Crippen LogP contribution < -0.4 is 14.5 Å². The molecule has 164 valence electrons. The van der Waals surface area contributed by atoms with Gasteiger partial charge in [-0.2, -0.15) is 0 Å². The standard InChI is InChI=1S/C27H28N2O3/c1-19-15-20(2)17-23(16-19)32-14-13-28-24-11-7-8-12-25(24)29(18-21(3)26(28)30)27(31)22-9-5-4-6-10-22/h4-12,15-17,21H,13-14,18H2,1-3H3. The summed E-state index contributed by atoms with van der Waals surface area (Å²) in [6, 6.07) is 22.9. The zero-order chi connectivity index (χ0) is 22.7. The normalized spacial score (nSPS) is 15.8. The number of hydrogen-bond donors (Lipinski definition) is 0. The second-order valence-corrected chi connectivity index (χ2v) is 8.33. The minimum atomic E-state index is -0.337. The SMILES string of the molecule is Cc1cc(C)cc(OCCN2C(=O)C(C)CN(C(=O)c3ccccc3)c3ccccc32)c1. The summed E-state index contributed by atoms with van der Waals surface area (Å²) in [7, 11) is 0. The van der Waals surface area contributed by atoms with Crippen LogP contribution >= 0.6 is 0 Å². The lowest BCUT2D eigenvalue weighted by molar-refractivity contribution is -0.121. The van der Waals surface area contributed by atoms with Crippen molar-refractivity contribution in [3.63, 3.8) is 0 Å². The van der Waals surface area contributed by atoms with Crippen molar-refractivity contribution in [3.8, 4) is 5.75 Å². The average molecular weight is 429 g/mol. The van der Waals surface area contributed by atoms with Crippen molar-refractivity contribution < 1.29 is 14.3 Å². The molecule has 4 rings (SSSR count). The molecule has 0 radical (unpaired) electrons. The molecule has 2 amide bonds. The first-order valence-electron chi connectivity index (χ1n) is 10.9. The van der Waals surface area contributed by atoms with Gasteiger partial charge in [0, 0.05) is 12.1 Å². The third kappa shape index (κ3) is 4.52. The fourth-order valence-corrected chi connectivity index (χ4v) is 4.19. The van der Waals surface area contributed by atoms with E-state index < -0.39 is 0 Å². The van der Waals surface area contributed by atoms with Gasteiger partial charge in [0.1, 0.15) is 12.4 Å². The Balaban J connectivity index is 1.60. The van der Waals surface area contributed by atoms with Gasteiger partial charge in [-0.1, -0.05) is 43.3 Å². The lowest BCUT2D eigenvalue weighted by atomic mass is 10.1. The molecule has 1 aliphatic rings. The lowest BCUT2D eigenvalue weighted by Gasteiger charge is -2.25. The number of para-hydroxylation sites is 2. The van der Waals surface area contributed by atoms with Crippen LogP contribution in [0.5, 0.6) is 5.75 Å². The van der Waals surface area contributed by atoms with Crippen LogP contribution in [0.1, 0.15) is 28.4 Å². The fraction of sp³-hybridized carbons (Fsp3) is 0.259. The van der Waals surface area contributed by atoms with Crippen LogP contribution in [0.3, 0.4) is 0 Å². The molecule has 3 aromatic carbocycles. The summed E-state index contributed by atoms with van der Waals surface area (Å²) in [5, 5.41) is 0. The number of anilines is 2. The Hall–Kier alpha value is -3.60. The van der Waals surface area contributed by atoms with Gasteiger partial charge in [-0.05, 0) is 61.4 Å². The number of carbonyl (C=O) groups is 2. The summed E-state index contributed by atoms with van der Waals surface area (Å²) in [6.07, 6.45) is 0. The summed E-state index contributed by atoms with van der Waals surface area (Å²) >= 11 is 0. The van der Waals surface area contributed by atoms with Crippen molar-refractivity contribution >= 4 is 23.2 Å². The second kappa shape index (κ2) is 9.27. The van der Waals surface area contributed by atoms with E-state index in [1.54, 1.807) is 21.9 Å². The highest BCUT2D eigenvalue weighted by Gasteiger charge is 2.33. The Labute approximate surface area is 189 Å². The Kier molecular flexibility index (Phi) is 6.26. The second-order valence-electron chi connectivity index (χ2n) is 8.33. The van der Waals surface area contributed by atoms with Gasteiger partial charge in [0.15, 0.2) is 0 Å². The predicted molar refractivity (Wildman–Crippen MR) is 127 cm³/mol. The molecule has 1 aliphatic heterocycles. The zero-order valence-electron chi connectivity index (χ0n) is 18.7. The molecule has 1 unspecified atom stereocenters. The predicted octanol–water partition coefficient (Wildman–Crippen LogP) is 5.01. The molecule has 0 N–H and O–H groups in total. The summed E-state index contributed by atoms with van der Waals surface area (Å²) in [4.78, 5) is 30.1. The van der Waals surface area contributed by atoms with E-state index in [4.69, 9.17) is 4.74 Å². The molecule has 1 atom stereocenters. The van der Waals surface area contributed by atoms with Crippen molar-refractivity contribution in [3.05, 3.63) is 89.5 Å². The van der Waals surface area contributed by atoms with E-state index >= 15 is 0 Å². The third-order valence-corrected chi connectivity index (χ3v) is 5.65. The van der Waals surface area contributed by atoms with Gasteiger partial charge in [0.05, 0.1) is 23.8 Å². The number of carbonyl (C=O) groups excluding carboxylic acids is 2. The van der Waals surface area contributed by atoms with Crippen molar-refractivity contribution in [1.82, 2.24) is 0 Å². The average Bonchev–Trinajstić information content (AvgIpc) is 2.89. The Morgan fingerprint density at radius 2 is 1.56 bits per heavy atom. The van der Waals surface area contributed by atoms with E-state index in [2.05, 4.69) is 6.07 Å². The van der Waals surface area contributed by atoms with Crippen LogP contribution in [0.2, 0.25) is 0 Å². The summed E-state index contributed by atoms with van der Waals surface area (Å²) in [5.74, 6) is 0.346. The number of amides is 2. The van der Waals surface area contributed by atoms with Crippen LogP contribution in [0.25, 0.3) is 0 Å². The molecule has 0 fully saturated rings. The smallest absolute Gasteiger partial charge is 0.258 e. The summed E-state index contributed by atoms with van der Waals surface area (Å²) in [5.41, 5.74) is 4.36. The van der Waals surface area contributed by atoms with Gasteiger partial charge < -0.3 is 14.5 Å². The van der Waals surface area contributed by atoms with Crippen LogP contribution in [-0.4, -0.2) is 31.5 Å². The first-order chi connectivity index (χ1) is 15.4. The molecule has 0 aliphatic carbocycles. The van der Waals surface area contributed by atoms with Gasteiger partial charge in [0.2, 0.25) is 5.91 Å². The Bertz CT molecular complexity index is 1110. The van der Waals surface area contributed by atoms with Crippen LogP contribution in [0.15, 0.2) is 72.8 Å². The minimum absolute atomic E-state index is 0.00941. The molecule has 5 heteroatoms. The minimum Gasteiger partial charge on any atom is -0.492 e. The first-order valence-corrected chi connectivity index (χ1v) is 10.9. The van der Waals surface area contributed by atoms with Crippen LogP contribution in [-0.2, 0) is 4.79 Å². The Morgan fingerprint density at radius 3 is 2.25 bits per heavy atom. The van der Waals surface area contributed by atoms with Crippen molar-refractivity contribution in [2.24, 2.45) is 5.92 Å². The number of benzene rings is 3. The van der Waals surface area contributed by atoms with Crippen molar-refractivity contribution in [2.75, 3.05) is 29.5 Å². The number of ether oxygens (including phenoxy) is 1. The number of fused-ring (bicyclic) bond motifs is 1. The van der Waals surface area contributed by atoms with Gasteiger partial charge in [-0.3, -0.25) is 9.59 Å². The molecule has 0 bridgehead atoms. The van der Waals surface area contributed by atoms with Gasteiger partial charge in [-0.25, -0.2) is 0 Å². The molecule has 32 heavy (non-hydrogen) atoms. The van der Waals surface area contributed by atoms with Crippen molar-refractivity contribution in [2.45, 2.75) is 20.8 Å². The van der Waals surface area contributed by atoms with E-state index in [9.17, 15) is 9.59 Å². The lowest BCUT2D eigenvalue weighted by Crippen LogP contribution is -2.39. The summed E-state index contributed by atoms with van der Waals surface area (Å²) in [6.45, 7) is 7.04. The van der Waals surface area contributed by atoms with E-state index in [-0.39, 0.29) is 17.7 Å². The molecule has 0 saturated carbocycles. The number of hydrogen-bond acceptors (Lipinski definition) is 3. The monoisotopic (exact) mass is 428 g/mol. The van der Waals surface area contributed by atoms with E-state index in [0.29, 0.717) is 25.3 Å². The number of nitrogens with zero attached hydrogens (tertiary/aromatic N) is 2. The number of rotatable bonds is 5. The highest BCUT2D eigenvalue weighted by molar-refractivity contribution is 6.11. The number of aryl methyl sites for hydroxylation is 2. The van der Waals surface area contributed by atoms with E-state index in [1.807, 2.05) is 75.4 Å². The Morgan fingerprint density at radius 1 is 0.938 bits per heavy atom. The van der Waals surface area contributed by atoms with Gasteiger partial charge >= 0.3 is 0 Å². The molecule has 0 saturated heterocycles. The molecular weight excluding hydrogens is 400 g/mol. The highest BCUT2D eigenvalue weighted by atomic mass is 16.5. The zero-order valence-corrected chi connectivity index (χ0v) is 18.7. The first kappa shape index (κ1) is 21.6. The molecule has 3 aromatic rings. The molecule has 0 spiro atoms. The van der Waals surface area contributed by atoms with Gasteiger partial charge in [0.25, 0.3) is 5.91 Å². The topological polar surface area (TPSA) is 49.9 Å². The molecule has 0 aromatic heterocycles. The maximum Gasteiger partial charge on any atom is 0.258 e. The van der Waals surface area contributed by atoms with Crippen molar-refractivity contribution in [1.29, 1.82) is 0 Å². The van der Waals surface area contributed by atoms with Gasteiger partial charge in [-0.15, -0.1) is 0 Å². The molecule has 5 nitrogen and oxygen atoms in total. The maximum absolute atomic E-state index is 13.3. The quantitative estimate of drug-likeness (QED) is 0.574. The third-order valence-electron chi connectivity index (χ3n) is 5.65.